The van der Waals surface area contributed by atoms with Gasteiger partial charge in [0.05, 0.1) is 24.6 Å². The van der Waals surface area contributed by atoms with Gasteiger partial charge in [-0.05, 0) is 60.4 Å². The number of carboxylic acid groups (broad SMARTS) is 1. The number of sulfonamides is 1. The number of aliphatic carboxylic acids is 1. The summed E-state index contributed by atoms with van der Waals surface area (Å²) in [6, 6.07) is 15.2. The first-order valence-corrected chi connectivity index (χ1v) is 15.3. The summed E-state index contributed by atoms with van der Waals surface area (Å²) >= 11 is 0. The van der Waals surface area contributed by atoms with Gasteiger partial charge in [-0.2, -0.15) is 4.31 Å². The van der Waals surface area contributed by atoms with Crippen LogP contribution in [-0.2, 0) is 36.3 Å². The number of nitrogens with zero attached hydrogens (tertiary/aromatic N) is 1. The van der Waals surface area contributed by atoms with Gasteiger partial charge in [0.25, 0.3) is 0 Å². The van der Waals surface area contributed by atoms with Gasteiger partial charge in [0.1, 0.15) is 23.4 Å². The number of halogens is 2. The van der Waals surface area contributed by atoms with Crippen LogP contribution in [0.4, 0.5) is 13.6 Å². The Morgan fingerprint density at radius 1 is 0.977 bits per heavy atom. The zero-order valence-corrected chi connectivity index (χ0v) is 25.2. The fourth-order valence-electron chi connectivity index (χ4n) is 4.62. The number of carbonyl (C=O) groups excluding carboxylic acids is 1. The van der Waals surface area contributed by atoms with Gasteiger partial charge in [0.15, 0.2) is 5.60 Å². The van der Waals surface area contributed by atoms with Crippen molar-refractivity contribution in [1.82, 2.24) is 9.62 Å². The number of hydrogen-bond donors (Lipinski definition) is 2. The Labute approximate surface area is 254 Å². The van der Waals surface area contributed by atoms with Gasteiger partial charge < -0.3 is 24.6 Å². The lowest BCUT2D eigenvalue weighted by Gasteiger charge is -2.48. The Morgan fingerprint density at radius 2 is 1.66 bits per heavy atom. The highest BCUT2D eigenvalue weighted by Crippen LogP contribution is 2.40. The summed E-state index contributed by atoms with van der Waals surface area (Å²) in [6.07, 6.45) is -2.12. The number of nitrogens with one attached hydrogen (secondary N) is 1. The van der Waals surface area contributed by atoms with Crippen LogP contribution < -0.4 is 10.1 Å². The number of alkyl carbamates (subject to hydrolysis) is 1. The molecule has 2 atom stereocenters. The monoisotopic (exact) mass is 632 g/mol. The smallest absolute Gasteiger partial charge is 0.410 e. The summed E-state index contributed by atoms with van der Waals surface area (Å²) in [6.45, 7) is 5.40. The van der Waals surface area contributed by atoms with E-state index in [1.165, 1.54) is 73.7 Å². The van der Waals surface area contributed by atoms with Crippen molar-refractivity contribution in [1.29, 1.82) is 0 Å². The van der Waals surface area contributed by atoms with E-state index in [4.69, 9.17) is 14.2 Å². The molecule has 0 spiro atoms. The number of carbonyl (C=O) groups is 2. The highest BCUT2D eigenvalue weighted by Gasteiger charge is 2.52. The summed E-state index contributed by atoms with van der Waals surface area (Å²) < 4.78 is 72.4. The fraction of sp³-hybridized carbons (Fsp3) is 0.355. The lowest BCUT2D eigenvalue weighted by atomic mass is 9.87. The molecule has 0 radical (unpaired) electrons. The lowest BCUT2D eigenvalue weighted by molar-refractivity contribution is -0.140. The number of rotatable bonds is 13. The molecule has 13 heteroatoms. The van der Waals surface area contributed by atoms with E-state index >= 15 is 0 Å². The molecule has 3 aromatic rings. The molecule has 1 fully saturated rings. The van der Waals surface area contributed by atoms with E-state index in [9.17, 15) is 31.9 Å². The van der Waals surface area contributed by atoms with Crippen molar-refractivity contribution in [2.45, 2.75) is 50.0 Å². The molecule has 1 amide bonds. The van der Waals surface area contributed by atoms with Crippen molar-refractivity contribution in [2.24, 2.45) is 5.92 Å². The normalized spacial score (nSPS) is 16.0. The number of amides is 1. The molecule has 4 rings (SSSR count). The molecule has 44 heavy (non-hydrogen) atoms. The van der Waals surface area contributed by atoms with Crippen molar-refractivity contribution in [3.05, 3.63) is 95.6 Å². The molecular weight excluding hydrogens is 598 g/mol. The topological polar surface area (TPSA) is 131 Å². The minimum absolute atomic E-state index is 0.101. The van der Waals surface area contributed by atoms with Crippen LogP contribution in [0.3, 0.4) is 0 Å². The van der Waals surface area contributed by atoms with E-state index in [0.717, 1.165) is 4.31 Å². The number of ether oxygens (including phenoxy) is 3. The zero-order chi connectivity index (χ0) is 32.1. The van der Waals surface area contributed by atoms with Gasteiger partial charge in [-0.1, -0.05) is 44.2 Å². The maximum atomic E-state index is 13.9. The second kappa shape index (κ2) is 13.7. The highest BCUT2D eigenvalue weighted by molar-refractivity contribution is 7.89. The van der Waals surface area contributed by atoms with Gasteiger partial charge in [-0.3, -0.25) is 0 Å². The summed E-state index contributed by atoms with van der Waals surface area (Å²) in [5.74, 6) is -1.97. The predicted octanol–water partition coefficient (Wildman–Crippen LogP) is 4.68. The Balaban J connectivity index is 1.48. The largest absolute Gasteiger partial charge is 0.480 e. The average Bonchev–Trinajstić information content (AvgIpc) is 2.94. The maximum Gasteiger partial charge on any atom is 0.410 e. The van der Waals surface area contributed by atoms with Crippen LogP contribution >= 0.6 is 0 Å². The SMILES string of the molecule is CC(C)COC(C)OC(=O)N[C@@H](Cc1cccc(S(=O)(=O)N2CC(Oc3cccc(F)c3)(c3ccc(F)cc3)C2)c1)C(=O)O. The molecule has 1 aliphatic heterocycles. The zero-order valence-electron chi connectivity index (χ0n) is 24.4. The van der Waals surface area contributed by atoms with Gasteiger partial charge in [-0.25, -0.2) is 26.8 Å². The average molecular weight is 633 g/mol. The molecule has 0 bridgehead atoms. The van der Waals surface area contributed by atoms with Crippen LogP contribution in [0.2, 0.25) is 0 Å². The van der Waals surface area contributed by atoms with Gasteiger partial charge in [0.2, 0.25) is 16.3 Å². The van der Waals surface area contributed by atoms with E-state index in [1.54, 1.807) is 6.07 Å². The van der Waals surface area contributed by atoms with Crippen LogP contribution in [0.25, 0.3) is 0 Å². The molecule has 2 N–H and O–H groups in total. The molecule has 1 saturated heterocycles. The van der Waals surface area contributed by atoms with E-state index < -0.39 is 51.7 Å². The Morgan fingerprint density at radius 3 is 2.30 bits per heavy atom. The Bertz CT molecular complexity index is 1580. The molecule has 0 aromatic heterocycles. The molecule has 1 aliphatic rings. The van der Waals surface area contributed by atoms with Crippen molar-refractivity contribution in [3.8, 4) is 5.75 Å². The summed E-state index contributed by atoms with van der Waals surface area (Å²) in [4.78, 5) is 24.1. The first kappa shape index (κ1) is 32.8. The first-order chi connectivity index (χ1) is 20.8. The second-order valence-electron chi connectivity index (χ2n) is 10.9. The molecule has 1 heterocycles. The van der Waals surface area contributed by atoms with Crippen LogP contribution in [0, 0.1) is 17.6 Å². The molecule has 236 valence electrons. The predicted molar refractivity (Wildman–Crippen MR) is 155 cm³/mol. The minimum atomic E-state index is -4.09. The number of carboxylic acids is 1. The Hall–Kier alpha value is -4.07. The van der Waals surface area contributed by atoms with Crippen LogP contribution in [0.15, 0.2) is 77.7 Å². The quantitative estimate of drug-likeness (QED) is 0.260. The summed E-state index contributed by atoms with van der Waals surface area (Å²) in [5.41, 5.74) is -0.361. The van der Waals surface area contributed by atoms with Crippen molar-refractivity contribution in [3.63, 3.8) is 0 Å². The van der Waals surface area contributed by atoms with Crippen LogP contribution in [0.1, 0.15) is 31.9 Å². The van der Waals surface area contributed by atoms with Gasteiger partial charge in [-0.15, -0.1) is 0 Å². The number of benzene rings is 3. The molecular formula is C31H34F2N2O8S. The van der Waals surface area contributed by atoms with E-state index in [-0.39, 0.29) is 36.1 Å². The molecule has 10 nitrogen and oxygen atoms in total. The lowest BCUT2D eigenvalue weighted by Crippen LogP contribution is -2.64. The highest BCUT2D eigenvalue weighted by atomic mass is 32.2. The van der Waals surface area contributed by atoms with Crippen molar-refractivity contribution >= 4 is 22.1 Å². The van der Waals surface area contributed by atoms with Crippen molar-refractivity contribution in [2.75, 3.05) is 19.7 Å². The second-order valence-corrected chi connectivity index (χ2v) is 12.9. The van der Waals surface area contributed by atoms with Gasteiger partial charge in [0, 0.05) is 12.5 Å². The summed E-state index contributed by atoms with van der Waals surface area (Å²) in [5, 5.41) is 12.0. The Kier molecular flexibility index (Phi) is 10.2. The molecule has 0 saturated carbocycles. The maximum absolute atomic E-state index is 13.9. The van der Waals surface area contributed by atoms with Crippen LogP contribution in [-0.4, -0.2) is 61.9 Å². The molecule has 3 aromatic carbocycles. The third-order valence-corrected chi connectivity index (χ3v) is 8.63. The fourth-order valence-corrected chi connectivity index (χ4v) is 6.22. The third kappa shape index (κ3) is 8.10. The standard InChI is InChI=1S/C31H34F2N2O8S/c1-20(2)17-41-21(3)42-30(38)34-28(29(36)37)15-22-6-4-9-27(14-22)44(39,40)35-18-31(19-35,23-10-12-24(32)13-11-23)43-26-8-5-7-25(33)16-26/h4-14,16,20-21,28H,15,17-19H2,1-3H3,(H,34,38)(H,36,37)/t21?,28-/m0/s1. The number of hydrogen-bond acceptors (Lipinski definition) is 7. The molecule has 0 aliphatic carbocycles. The van der Waals surface area contributed by atoms with Gasteiger partial charge >= 0.3 is 12.1 Å². The van der Waals surface area contributed by atoms with E-state index in [2.05, 4.69) is 5.32 Å². The van der Waals surface area contributed by atoms with E-state index in [0.29, 0.717) is 17.7 Å². The van der Waals surface area contributed by atoms with Crippen molar-refractivity contribution < 1.29 is 46.1 Å². The first-order valence-electron chi connectivity index (χ1n) is 13.9. The third-order valence-electron chi connectivity index (χ3n) is 6.85. The minimum Gasteiger partial charge on any atom is -0.480 e. The van der Waals surface area contributed by atoms with E-state index in [1.807, 2.05) is 13.8 Å². The summed E-state index contributed by atoms with van der Waals surface area (Å²) in [7, 11) is -4.09. The molecule has 1 unspecified atom stereocenters. The van der Waals surface area contributed by atoms with Crippen LogP contribution in [0.5, 0.6) is 5.75 Å².